The van der Waals surface area contributed by atoms with E-state index in [-0.39, 0.29) is 35.9 Å². The van der Waals surface area contributed by atoms with Crippen LogP contribution in [0.25, 0.3) is 0 Å². The van der Waals surface area contributed by atoms with Crippen LogP contribution < -0.4 is 5.32 Å². The summed E-state index contributed by atoms with van der Waals surface area (Å²) < 4.78 is 18.6. The Morgan fingerprint density at radius 1 is 1.30 bits per heavy atom. The van der Waals surface area contributed by atoms with Crippen molar-refractivity contribution in [2.24, 2.45) is 5.92 Å². The first kappa shape index (κ1) is 17.9. The van der Waals surface area contributed by atoms with E-state index in [9.17, 15) is 14.3 Å². The maximum absolute atomic E-state index is 12.9. The molecule has 1 aliphatic heterocycles. The Balaban J connectivity index is 1.84. The Labute approximate surface area is 137 Å². The van der Waals surface area contributed by atoms with E-state index in [1.54, 1.807) is 12.1 Å². The molecule has 1 saturated heterocycles. The first-order valence-corrected chi connectivity index (χ1v) is 8.24. The monoisotopic (exact) mass is 323 g/mol. The van der Waals surface area contributed by atoms with Gasteiger partial charge in [-0.2, -0.15) is 0 Å². The topological polar surface area (TPSA) is 58.6 Å². The highest BCUT2D eigenvalue weighted by atomic mass is 19.1. The number of benzene rings is 1. The van der Waals surface area contributed by atoms with Gasteiger partial charge in [0, 0.05) is 12.0 Å². The number of nitrogens with one attached hydrogen (secondary N) is 1. The van der Waals surface area contributed by atoms with Crippen LogP contribution in [-0.2, 0) is 9.53 Å². The van der Waals surface area contributed by atoms with E-state index in [2.05, 4.69) is 5.32 Å². The van der Waals surface area contributed by atoms with Gasteiger partial charge in [0.2, 0.25) is 5.91 Å². The first-order chi connectivity index (χ1) is 10.8. The van der Waals surface area contributed by atoms with Gasteiger partial charge in [0.15, 0.2) is 0 Å². The van der Waals surface area contributed by atoms with Gasteiger partial charge >= 0.3 is 0 Å². The van der Waals surface area contributed by atoms with Crippen molar-refractivity contribution in [3.05, 3.63) is 35.6 Å². The molecule has 1 aliphatic rings. The van der Waals surface area contributed by atoms with Crippen LogP contribution >= 0.6 is 0 Å². The molecule has 0 aliphatic carbocycles. The minimum atomic E-state index is -0.724. The lowest BCUT2D eigenvalue weighted by Gasteiger charge is -2.32. The van der Waals surface area contributed by atoms with Crippen LogP contribution in [-0.4, -0.2) is 29.3 Å². The minimum absolute atomic E-state index is 0.0193. The highest BCUT2D eigenvalue weighted by Crippen LogP contribution is 2.25. The summed E-state index contributed by atoms with van der Waals surface area (Å²) in [6.07, 6.45) is 1.31. The number of aliphatic hydroxyl groups is 1. The molecule has 0 bridgehead atoms. The molecular weight excluding hydrogens is 297 g/mol. The molecule has 2 N–H and O–H groups in total. The fourth-order valence-electron chi connectivity index (χ4n) is 3.19. The fraction of sp³-hybridized carbons (Fsp3) is 0.611. The first-order valence-electron chi connectivity index (χ1n) is 8.24. The molecule has 4 atom stereocenters. The van der Waals surface area contributed by atoms with Gasteiger partial charge in [0.1, 0.15) is 5.82 Å². The summed E-state index contributed by atoms with van der Waals surface area (Å²) in [5.74, 6) is -0.352. The summed E-state index contributed by atoms with van der Waals surface area (Å²) >= 11 is 0. The maximum atomic E-state index is 12.9. The predicted octanol–water partition coefficient (Wildman–Crippen LogP) is 2.96. The molecule has 0 aromatic heterocycles. The number of amides is 1. The average Bonchev–Trinajstić information content (AvgIpc) is 2.46. The molecule has 5 heteroatoms. The highest BCUT2D eigenvalue weighted by Gasteiger charge is 2.30. The summed E-state index contributed by atoms with van der Waals surface area (Å²) in [7, 11) is 0. The van der Waals surface area contributed by atoms with Crippen LogP contribution in [0.4, 0.5) is 4.39 Å². The van der Waals surface area contributed by atoms with Crippen molar-refractivity contribution in [2.75, 3.05) is 0 Å². The minimum Gasteiger partial charge on any atom is -0.388 e. The zero-order valence-electron chi connectivity index (χ0n) is 14.0. The van der Waals surface area contributed by atoms with Crippen molar-refractivity contribution in [1.82, 2.24) is 5.32 Å². The summed E-state index contributed by atoms with van der Waals surface area (Å²) in [5.41, 5.74) is 0.654. The van der Waals surface area contributed by atoms with Crippen LogP contribution in [0.1, 0.15) is 51.7 Å². The van der Waals surface area contributed by atoms with Crippen LogP contribution in [0.15, 0.2) is 24.3 Å². The van der Waals surface area contributed by atoms with Crippen molar-refractivity contribution in [3.63, 3.8) is 0 Å². The smallest absolute Gasteiger partial charge is 0.223 e. The van der Waals surface area contributed by atoms with E-state index < -0.39 is 6.10 Å². The molecule has 1 aromatic carbocycles. The van der Waals surface area contributed by atoms with Gasteiger partial charge in [-0.3, -0.25) is 4.79 Å². The van der Waals surface area contributed by atoms with Gasteiger partial charge in [-0.25, -0.2) is 4.39 Å². The molecule has 1 amide bonds. The Hall–Kier alpha value is -1.46. The number of rotatable bonds is 5. The number of carbonyl (C=O) groups is 1. The predicted molar refractivity (Wildman–Crippen MR) is 86.3 cm³/mol. The number of carbonyl (C=O) groups excluding carboxylic acids is 1. The Bertz CT molecular complexity index is 510. The van der Waals surface area contributed by atoms with E-state index >= 15 is 0 Å². The van der Waals surface area contributed by atoms with Gasteiger partial charge in [-0.05, 0) is 57.7 Å². The SMILES string of the molecule is CC(CC(O)c1ccc(F)cc1)NC(=O)C1CC(C)OC(C)C1. The zero-order chi connectivity index (χ0) is 17.0. The van der Waals surface area contributed by atoms with Crippen LogP contribution in [0.2, 0.25) is 0 Å². The number of ether oxygens (including phenoxy) is 1. The van der Waals surface area contributed by atoms with Gasteiger partial charge < -0.3 is 15.2 Å². The van der Waals surface area contributed by atoms with Crippen molar-refractivity contribution < 1.29 is 19.0 Å². The average molecular weight is 323 g/mol. The Kier molecular flexibility index (Phi) is 6.13. The normalized spacial score (nSPS) is 27.3. The molecule has 23 heavy (non-hydrogen) atoms. The van der Waals surface area contributed by atoms with E-state index in [0.29, 0.717) is 12.0 Å². The lowest BCUT2D eigenvalue weighted by atomic mass is 9.91. The molecule has 1 aromatic rings. The van der Waals surface area contributed by atoms with Crippen molar-refractivity contribution in [2.45, 2.75) is 64.4 Å². The third-order valence-corrected chi connectivity index (χ3v) is 4.29. The Morgan fingerprint density at radius 3 is 2.43 bits per heavy atom. The van der Waals surface area contributed by atoms with Crippen molar-refractivity contribution in [3.8, 4) is 0 Å². The molecule has 4 unspecified atom stereocenters. The molecule has 0 saturated carbocycles. The number of halogens is 1. The quantitative estimate of drug-likeness (QED) is 0.876. The van der Waals surface area contributed by atoms with Crippen LogP contribution in [0, 0.1) is 11.7 Å². The summed E-state index contributed by atoms with van der Waals surface area (Å²) in [4.78, 5) is 12.4. The third-order valence-electron chi connectivity index (χ3n) is 4.29. The van der Waals surface area contributed by atoms with E-state index in [4.69, 9.17) is 4.74 Å². The van der Waals surface area contributed by atoms with Crippen LogP contribution in [0.3, 0.4) is 0 Å². The highest BCUT2D eigenvalue weighted by molar-refractivity contribution is 5.79. The van der Waals surface area contributed by atoms with Gasteiger partial charge in [-0.1, -0.05) is 12.1 Å². The molecular formula is C18H26FNO3. The second-order valence-electron chi connectivity index (χ2n) is 6.64. The second kappa shape index (κ2) is 7.88. The van der Waals surface area contributed by atoms with Gasteiger partial charge in [0.25, 0.3) is 0 Å². The molecule has 128 valence electrons. The summed E-state index contributed by atoms with van der Waals surface area (Å²) in [6.45, 7) is 5.84. The van der Waals surface area contributed by atoms with Gasteiger partial charge in [0.05, 0.1) is 18.3 Å². The van der Waals surface area contributed by atoms with Gasteiger partial charge in [-0.15, -0.1) is 0 Å². The third kappa shape index (κ3) is 5.29. The fourth-order valence-corrected chi connectivity index (χ4v) is 3.19. The number of hydrogen-bond donors (Lipinski definition) is 2. The van der Waals surface area contributed by atoms with Crippen molar-refractivity contribution >= 4 is 5.91 Å². The molecule has 1 heterocycles. The zero-order valence-corrected chi connectivity index (χ0v) is 14.0. The molecule has 2 rings (SSSR count). The molecule has 4 nitrogen and oxygen atoms in total. The summed E-state index contributed by atoms with van der Waals surface area (Å²) in [6, 6.07) is 5.63. The maximum Gasteiger partial charge on any atom is 0.223 e. The largest absolute Gasteiger partial charge is 0.388 e. The molecule has 1 fully saturated rings. The number of aliphatic hydroxyl groups excluding tert-OH is 1. The number of hydrogen-bond acceptors (Lipinski definition) is 3. The van der Waals surface area contributed by atoms with E-state index in [1.807, 2.05) is 20.8 Å². The molecule has 0 spiro atoms. The standard InChI is InChI=1S/C18H26FNO3/c1-11(8-17(21)14-4-6-16(19)7-5-14)20-18(22)15-9-12(2)23-13(3)10-15/h4-7,11-13,15,17,21H,8-10H2,1-3H3,(H,20,22). The lowest BCUT2D eigenvalue weighted by molar-refractivity contribution is -0.133. The van der Waals surface area contributed by atoms with E-state index in [0.717, 1.165) is 12.8 Å². The molecule has 0 radical (unpaired) electrons. The van der Waals surface area contributed by atoms with E-state index in [1.165, 1.54) is 12.1 Å². The van der Waals surface area contributed by atoms with Crippen molar-refractivity contribution in [1.29, 1.82) is 0 Å². The second-order valence-corrected chi connectivity index (χ2v) is 6.64. The summed E-state index contributed by atoms with van der Waals surface area (Å²) in [5, 5.41) is 13.2. The Morgan fingerprint density at radius 2 is 1.87 bits per heavy atom. The lowest BCUT2D eigenvalue weighted by Crippen LogP contribution is -2.42. The van der Waals surface area contributed by atoms with Crippen LogP contribution in [0.5, 0.6) is 0 Å².